The van der Waals surface area contributed by atoms with Gasteiger partial charge in [-0.1, -0.05) is 36.2 Å². The number of nitrogens with one attached hydrogen (secondary N) is 2. The summed E-state index contributed by atoms with van der Waals surface area (Å²) in [6, 6.07) is 4.07. The van der Waals surface area contributed by atoms with Crippen LogP contribution in [0.4, 0.5) is 4.39 Å². The van der Waals surface area contributed by atoms with Gasteiger partial charge in [-0.2, -0.15) is 0 Å². The molecule has 0 aliphatic carbocycles. The molecule has 3 amide bonds. The molecule has 1 unspecified atom stereocenters. The minimum Gasteiger partial charge on any atom is -0.370 e. The minimum atomic E-state index is -1.22. The zero-order chi connectivity index (χ0) is 27.5. The fraction of sp³-hybridized carbons (Fsp3) is 0.560. The number of hydrogen-bond donors (Lipinski definition) is 4. The zero-order valence-electron chi connectivity index (χ0n) is 21.2. The summed E-state index contributed by atoms with van der Waals surface area (Å²) in [6.07, 6.45) is 2.13. The average molecular weight is 584 g/mol. The first-order valence-electron chi connectivity index (χ1n) is 12.4. The number of rotatable bonds is 13. The Morgan fingerprint density at radius 2 is 1.86 bits per heavy atom. The quantitative estimate of drug-likeness (QED) is 0.157. The highest BCUT2D eigenvalue weighted by Gasteiger charge is 2.40. The van der Waals surface area contributed by atoms with Crippen LogP contribution in [0.15, 0.2) is 33.7 Å². The highest BCUT2D eigenvalue weighted by Crippen LogP contribution is 2.22. The highest BCUT2D eigenvalue weighted by atomic mass is 79.9. The number of nitrogens with zero attached hydrogens (tertiary/aromatic N) is 2. The van der Waals surface area contributed by atoms with E-state index >= 15 is 0 Å². The van der Waals surface area contributed by atoms with Gasteiger partial charge in [0, 0.05) is 23.1 Å². The molecule has 4 atom stereocenters. The third-order valence-electron chi connectivity index (χ3n) is 6.49. The van der Waals surface area contributed by atoms with Crippen LogP contribution in [0.25, 0.3) is 0 Å². The number of halogens is 2. The Kier molecular flexibility index (Phi) is 12.0. The Hall–Kier alpha value is -3.02. The predicted molar refractivity (Wildman–Crippen MR) is 142 cm³/mol. The number of likely N-dealkylation sites (tertiary alicyclic amines) is 1. The average Bonchev–Trinajstić information content (AvgIpc) is 3.38. The summed E-state index contributed by atoms with van der Waals surface area (Å²) in [5, 5.41) is 5.45. The summed E-state index contributed by atoms with van der Waals surface area (Å²) >= 11 is 3.33. The molecule has 37 heavy (non-hydrogen) atoms. The normalized spacial score (nSPS) is 17.4. The van der Waals surface area contributed by atoms with Crippen molar-refractivity contribution in [3.05, 3.63) is 34.3 Å². The van der Waals surface area contributed by atoms with Crippen LogP contribution in [0.3, 0.4) is 0 Å². The Bertz CT molecular complexity index is 986. The van der Waals surface area contributed by atoms with Gasteiger partial charge < -0.3 is 27.0 Å². The van der Waals surface area contributed by atoms with Crippen molar-refractivity contribution in [2.45, 2.75) is 64.1 Å². The number of aliphatic imine (C=N–C) groups is 1. The molecular weight excluding hydrogens is 547 g/mol. The van der Waals surface area contributed by atoms with E-state index in [0.717, 1.165) is 4.47 Å². The molecule has 1 aromatic carbocycles. The first-order chi connectivity index (χ1) is 17.6. The first-order valence-corrected chi connectivity index (χ1v) is 13.2. The van der Waals surface area contributed by atoms with Crippen molar-refractivity contribution < 1.29 is 23.6 Å². The molecule has 6 N–H and O–H groups in total. The maximum atomic E-state index is 13.6. The number of Topliss-reactive ketones (excluding diaryl/α,β-unsaturated/α-hetero) is 1. The predicted octanol–water partition coefficient (Wildman–Crippen LogP) is 1.66. The van der Waals surface area contributed by atoms with Gasteiger partial charge in [0.25, 0.3) is 5.91 Å². The Morgan fingerprint density at radius 1 is 1.19 bits per heavy atom. The van der Waals surface area contributed by atoms with Crippen LogP contribution in [0, 0.1) is 5.92 Å². The number of nitrogens with two attached hydrogens (primary N) is 2. The van der Waals surface area contributed by atoms with Crippen molar-refractivity contribution in [1.82, 2.24) is 15.5 Å². The largest absolute Gasteiger partial charge is 0.370 e. The van der Waals surface area contributed by atoms with Gasteiger partial charge in [-0.3, -0.25) is 24.2 Å². The Labute approximate surface area is 224 Å². The van der Waals surface area contributed by atoms with Gasteiger partial charge in [0.1, 0.15) is 18.8 Å². The lowest BCUT2D eigenvalue weighted by atomic mass is 9.96. The maximum Gasteiger partial charge on any atom is 0.251 e. The first kappa shape index (κ1) is 30.2. The molecule has 0 spiro atoms. The fourth-order valence-corrected chi connectivity index (χ4v) is 4.43. The Morgan fingerprint density at radius 3 is 2.46 bits per heavy atom. The second-order valence-electron chi connectivity index (χ2n) is 9.14. The van der Waals surface area contributed by atoms with E-state index in [-0.39, 0.29) is 36.7 Å². The third-order valence-corrected chi connectivity index (χ3v) is 7.02. The van der Waals surface area contributed by atoms with Gasteiger partial charge in [-0.15, -0.1) is 0 Å². The third kappa shape index (κ3) is 8.80. The number of guanidine groups is 1. The van der Waals surface area contributed by atoms with E-state index in [4.69, 9.17) is 11.5 Å². The van der Waals surface area contributed by atoms with E-state index in [1.165, 1.54) is 4.90 Å². The van der Waals surface area contributed by atoms with Gasteiger partial charge >= 0.3 is 0 Å². The van der Waals surface area contributed by atoms with Crippen molar-refractivity contribution in [3.8, 4) is 0 Å². The molecule has 1 aliphatic rings. The van der Waals surface area contributed by atoms with Gasteiger partial charge in [-0.25, -0.2) is 4.39 Å². The minimum absolute atomic E-state index is 0.0967. The molecule has 1 aromatic rings. The molecule has 0 bridgehead atoms. The highest BCUT2D eigenvalue weighted by molar-refractivity contribution is 9.10. The van der Waals surface area contributed by atoms with Crippen LogP contribution in [0.5, 0.6) is 0 Å². The molecule has 1 fully saturated rings. The summed E-state index contributed by atoms with van der Waals surface area (Å²) in [5.41, 5.74) is 11.0. The van der Waals surface area contributed by atoms with Crippen molar-refractivity contribution in [1.29, 1.82) is 0 Å². The molecule has 0 aromatic heterocycles. The maximum absolute atomic E-state index is 13.6. The lowest BCUT2D eigenvalue weighted by Gasteiger charge is -2.32. The second kappa shape index (κ2) is 14.7. The van der Waals surface area contributed by atoms with Crippen molar-refractivity contribution in [2.75, 3.05) is 19.8 Å². The summed E-state index contributed by atoms with van der Waals surface area (Å²) < 4.78 is 14.0. The molecule has 12 heteroatoms. The molecule has 1 saturated heterocycles. The van der Waals surface area contributed by atoms with Crippen LogP contribution in [0.2, 0.25) is 0 Å². The van der Waals surface area contributed by atoms with Crippen LogP contribution < -0.4 is 22.1 Å². The zero-order valence-corrected chi connectivity index (χ0v) is 22.8. The molecular formula is C25H36BrFN6O4. The number of carbonyl (C=O) groups excluding carboxylic acids is 4. The van der Waals surface area contributed by atoms with Crippen LogP contribution in [-0.2, 0) is 14.4 Å². The number of hydrogen-bond acceptors (Lipinski definition) is 5. The van der Waals surface area contributed by atoms with Crippen molar-refractivity contribution in [3.63, 3.8) is 0 Å². The number of carbonyl (C=O) groups is 4. The number of amides is 3. The Balaban J connectivity index is 2.13. The molecule has 10 nitrogen and oxygen atoms in total. The standard InChI is InChI=1S/C25H36BrFN6O4/c1-3-15(2)21(32-22(35)16-8-10-17(26)11-9-16)24(37)33-13-5-7-19(33)23(36)31-18(20(34)14-27)6-4-12-30-25(28)29/h8-11,15,18-19,21H,3-7,12-14H2,1-2H3,(H,31,36)(H,32,35)(H4,28,29,30)/t15?,18-,19-,21-/m0/s1. The van der Waals surface area contributed by atoms with Crippen molar-refractivity contribution >= 4 is 45.4 Å². The van der Waals surface area contributed by atoms with Gasteiger partial charge in [0.2, 0.25) is 11.8 Å². The smallest absolute Gasteiger partial charge is 0.251 e. The van der Waals surface area contributed by atoms with Crippen LogP contribution in [0.1, 0.15) is 56.3 Å². The van der Waals surface area contributed by atoms with Gasteiger partial charge in [0.15, 0.2) is 11.7 Å². The van der Waals surface area contributed by atoms with Crippen LogP contribution >= 0.6 is 15.9 Å². The van der Waals surface area contributed by atoms with E-state index in [1.54, 1.807) is 24.3 Å². The van der Waals surface area contributed by atoms with Crippen molar-refractivity contribution in [2.24, 2.45) is 22.4 Å². The SMILES string of the molecule is CCC(C)[C@H](NC(=O)c1ccc(Br)cc1)C(=O)N1CCC[C@H]1C(=O)N[C@@H](CCCN=C(N)N)C(=O)CF. The van der Waals surface area contributed by atoms with E-state index in [1.807, 2.05) is 13.8 Å². The summed E-state index contributed by atoms with van der Waals surface area (Å²) in [7, 11) is 0. The summed E-state index contributed by atoms with van der Waals surface area (Å²) in [5.74, 6) is -2.32. The van der Waals surface area contributed by atoms with Crippen LogP contribution in [-0.4, -0.2) is 72.3 Å². The van der Waals surface area contributed by atoms with E-state index in [0.29, 0.717) is 37.8 Å². The molecule has 1 heterocycles. The van der Waals surface area contributed by atoms with E-state index in [9.17, 15) is 23.6 Å². The molecule has 0 radical (unpaired) electrons. The molecule has 0 saturated carbocycles. The lowest BCUT2D eigenvalue weighted by molar-refractivity contribution is -0.141. The summed E-state index contributed by atoms with van der Waals surface area (Å²) in [6.45, 7) is 3.13. The number of ketones is 1. The molecule has 2 rings (SSSR count). The summed E-state index contributed by atoms with van der Waals surface area (Å²) in [4.78, 5) is 57.0. The lowest BCUT2D eigenvalue weighted by Crippen LogP contribution is -2.56. The molecule has 204 valence electrons. The monoisotopic (exact) mass is 582 g/mol. The molecule has 1 aliphatic heterocycles. The number of alkyl halides is 1. The number of benzene rings is 1. The second-order valence-corrected chi connectivity index (χ2v) is 10.1. The van der Waals surface area contributed by atoms with Gasteiger partial charge in [-0.05, 0) is 55.9 Å². The van der Waals surface area contributed by atoms with Gasteiger partial charge in [0.05, 0.1) is 6.04 Å². The van der Waals surface area contributed by atoms with E-state index in [2.05, 4.69) is 31.6 Å². The topological polar surface area (TPSA) is 160 Å². The fourth-order valence-electron chi connectivity index (χ4n) is 4.17. The van der Waals surface area contributed by atoms with E-state index < -0.39 is 36.5 Å².